The maximum Gasteiger partial charge on any atom is 0.236 e. The van der Waals surface area contributed by atoms with E-state index in [1.807, 2.05) is 10.8 Å². The highest BCUT2D eigenvalue weighted by Crippen LogP contribution is 2.12. The smallest absolute Gasteiger partial charge is 0.236 e. The van der Waals surface area contributed by atoms with Crippen LogP contribution in [0.4, 0.5) is 0 Å². The SMILES string of the molecule is CCCNC(Cn1ccnc1C(C)C)C(N)=O. The van der Waals surface area contributed by atoms with Crippen molar-refractivity contribution in [1.82, 2.24) is 14.9 Å². The lowest BCUT2D eigenvalue weighted by molar-refractivity contribution is -0.120. The van der Waals surface area contributed by atoms with E-state index in [-0.39, 0.29) is 11.9 Å². The zero-order valence-electron chi connectivity index (χ0n) is 10.8. The molecule has 1 rings (SSSR count). The van der Waals surface area contributed by atoms with E-state index in [1.54, 1.807) is 6.20 Å². The summed E-state index contributed by atoms with van der Waals surface area (Å²) < 4.78 is 1.99. The average molecular weight is 238 g/mol. The Bertz CT molecular complexity index is 359. The highest BCUT2D eigenvalue weighted by atomic mass is 16.1. The third kappa shape index (κ3) is 3.85. The fourth-order valence-corrected chi connectivity index (χ4v) is 1.75. The maximum atomic E-state index is 11.3. The fraction of sp³-hybridized carbons (Fsp3) is 0.667. The first-order valence-corrected chi connectivity index (χ1v) is 6.10. The molecule has 17 heavy (non-hydrogen) atoms. The van der Waals surface area contributed by atoms with Gasteiger partial charge in [-0.15, -0.1) is 0 Å². The van der Waals surface area contributed by atoms with Crippen LogP contribution in [0.5, 0.6) is 0 Å². The third-order valence-electron chi connectivity index (χ3n) is 2.63. The molecule has 0 aliphatic carbocycles. The number of nitrogens with zero attached hydrogens (tertiary/aromatic N) is 2. The number of rotatable bonds is 7. The Morgan fingerprint density at radius 3 is 2.82 bits per heavy atom. The Hall–Kier alpha value is -1.36. The van der Waals surface area contributed by atoms with Gasteiger partial charge in [-0.3, -0.25) is 4.79 Å². The number of nitrogens with one attached hydrogen (secondary N) is 1. The minimum atomic E-state index is -0.332. The van der Waals surface area contributed by atoms with Gasteiger partial charge >= 0.3 is 0 Å². The van der Waals surface area contributed by atoms with Gasteiger partial charge in [0, 0.05) is 24.9 Å². The normalized spacial score (nSPS) is 12.9. The molecule has 0 aromatic carbocycles. The van der Waals surface area contributed by atoms with Crippen LogP contribution in [0.3, 0.4) is 0 Å². The minimum Gasteiger partial charge on any atom is -0.368 e. The predicted octanol–water partition coefficient (Wildman–Crippen LogP) is 0.860. The van der Waals surface area contributed by atoms with E-state index >= 15 is 0 Å². The van der Waals surface area contributed by atoms with Crippen molar-refractivity contribution >= 4 is 5.91 Å². The highest BCUT2D eigenvalue weighted by molar-refractivity contribution is 5.79. The molecule has 5 nitrogen and oxygen atoms in total. The lowest BCUT2D eigenvalue weighted by Gasteiger charge is -2.18. The predicted molar refractivity (Wildman–Crippen MR) is 67.6 cm³/mol. The van der Waals surface area contributed by atoms with Gasteiger partial charge in [0.15, 0.2) is 0 Å². The van der Waals surface area contributed by atoms with Crippen LogP contribution >= 0.6 is 0 Å². The molecule has 1 aromatic rings. The molecule has 1 atom stereocenters. The van der Waals surface area contributed by atoms with Crippen molar-refractivity contribution in [3.8, 4) is 0 Å². The standard InChI is InChI=1S/C12H22N4O/c1-4-5-14-10(11(13)17)8-16-7-6-15-12(16)9(2)3/h6-7,9-10,14H,4-5,8H2,1-3H3,(H2,13,17). The second kappa shape index (κ2) is 6.39. The van der Waals surface area contributed by atoms with Crippen molar-refractivity contribution in [2.24, 2.45) is 5.73 Å². The molecule has 1 amide bonds. The van der Waals surface area contributed by atoms with Gasteiger partial charge in [-0.2, -0.15) is 0 Å². The summed E-state index contributed by atoms with van der Waals surface area (Å²) in [6.45, 7) is 7.55. The molecule has 1 unspecified atom stereocenters. The molecule has 1 aromatic heterocycles. The average Bonchev–Trinajstić information content (AvgIpc) is 2.71. The zero-order chi connectivity index (χ0) is 12.8. The number of hydrogen-bond acceptors (Lipinski definition) is 3. The summed E-state index contributed by atoms with van der Waals surface area (Å²) in [5, 5.41) is 3.15. The van der Waals surface area contributed by atoms with Crippen LogP contribution in [0.25, 0.3) is 0 Å². The Balaban J connectivity index is 2.71. The van der Waals surface area contributed by atoms with Gasteiger partial charge in [0.05, 0.1) is 0 Å². The van der Waals surface area contributed by atoms with Crippen molar-refractivity contribution < 1.29 is 4.79 Å². The van der Waals surface area contributed by atoms with Crippen molar-refractivity contribution in [3.63, 3.8) is 0 Å². The molecule has 0 saturated carbocycles. The van der Waals surface area contributed by atoms with Crippen molar-refractivity contribution in [2.45, 2.75) is 45.7 Å². The van der Waals surface area contributed by atoms with Crippen LogP contribution in [0.2, 0.25) is 0 Å². The van der Waals surface area contributed by atoms with Gasteiger partial charge in [0.2, 0.25) is 5.91 Å². The number of carbonyl (C=O) groups excluding carboxylic acids is 1. The number of imidazole rings is 1. The van der Waals surface area contributed by atoms with Crippen molar-refractivity contribution in [2.75, 3.05) is 6.54 Å². The molecular formula is C12H22N4O. The molecule has 3 N–H and O–H groups in total. The van der Waals surface area contributed by atoms with Crippen LogP contribution in [-0.2, 0) is 11.3 Å². The molecular weight excluding hydrogens is 216 g/mol. The van der Waals surface area contributed by atoms with E-state index in [9.17, 15) is 4.79 Å². The molecule has 0 saturated heterocycles. The fourth-order valence-electron chi connectivity index (χ4n) is 1.75. The van der Waals surface area contributed by atoms with Gasteiger partial charge in [-0.1, -0.05) is 20.8 Å². The lowest BCUT2D eigenvalue weighted by Crippen LogP contribution is -2.44. The molecule has 0 fully saturated rings. The summed E-state index contributed by atoms with van der Waals surface area (Å²) in [6, 6.07) is -0.332. The molecule has 0 radical (unpaired) electrons. The highest BCUT2D eigenvalue weighted by Gasteiger charge is 2.17. The quantitative estimate of drug-likeness (QED) is 0.740. The second-order valence-electron chi connectivity index (χ2n) is 4.50. The van der Waals surface area contributed by atoms with Crippen LogP contribution in [0, 0.1) is 0 Å². The number of carbonyl (C=O) groups is 1. The summed E-state index contributed by atoms with van der Waals surface area (Å²) in [5.74, 6) is 1.00. The summed E-state index contributed by atoms with van der Waals surface area (Å²) in [6.07, 6.45) is 4.62. The Kier molecular flexibility index (Phi) is 5.15. The van der Waals surface area contributed by atoms with Crippen LogP contribution in [-0.4, -0.2) is 28.0 Å². The van der Waals surface area contributed by atoms with Crippen molar-refractivity contribution in [3.05, 3.63) is 18.2 Å². The lowest BCUT2D eigenvalue weighted by atomic mass is 10.2. The van der Waals surface area contributed by atoms with E-state index in [0.717, 1.165) is 18.8 Å². The molecule has 0 bridgehead atoms. The van der Waals surface area contributed by atoms with Crippen LogP contribution < -0.4 is 11.1 Å². The van der Waals surface area contributed by atoms with Crippen molar-refractivity contribution in [1.29, 1.82) is 0 Å². The summed E-state index contributed by atoms with van der Waals surface area (Å²) >= 11 is 0. The number of aromatic nitrogens is 2. The van der Waals surface area contributed by atoms with E-state index < -0.39 is 0 Å². The molecule has 5 heteroatoms. The summed E-state index contributed by atoms with van der Waals surface area (Å²) in [4.78, 5) is 15.6. The summed E-state index contributed by atoms with van der Waals surface area (Å²) in [5.41, 5.74) is 5.39. The van der Waals surface area contributed by atoms with E-state index in [4.69, 9.17) is 5.73 Å². The van der Waals surface area contributed by atoms with E-state index in [1.165, 1.54) is 0 Å². The second-order valence-corrected chi connectivity index (χ2v) is 4.50. The van der Waals surface area contributed by atoms with Gasteiger partial charge < -0.3 is 15.6 Å². The Labute approximate surface area is 102 Å². The van der Waals surface area contributed by atoms with Gasteiger partial charge in [-0.25, -0.2) is 4.98 Å². The Morgan fingerprint density at radius 2 is 2.29 bits per heavy atom. The number of nitrogens with two attached hydrogens (primary N) is 1. The van der Waals surface area contributed by atoms with Gasteiger partial charge in [-0.05, 0) is 13.0 Å². The first kappa shape index (κ1) is 13.7. The topological polar surface area (TPSA) is 72.9 Å². The summed E-state index contributed by atoms with van der Waals surface area (Å²) in [7, 11) is 0. The first-order valence-electron chi connectivity index (χ1n) is 6.10. The molecule has 0 aliphatic heterocycles. The Morgan fingerprint density at radius 1 is 1.59 bits per heavy atom. The van der Waals surface area contributed by atoms with E-state index in [0.29, 0.717) is 12.5 Å². The maximum absolute atomic E-state index is 11.3. The van der Waals surface area contributed by atoms with Gasteiger partial charge in [0.25, 0.3) is 0 Å². The zero-order valence-corrected chi connectivity index (χ0v) is 10.8. The largest absolute Gasteiger partial charge is 0.368 e. The van der Waals surface area contributed by atoms with Crippen LogP contribution in [0.1, 0.15) is 38.9 Å². The minimum absolute atomic E-state index is 0.318. The monoisotopic (exact) mass is 238 g/mol. The third-order valence-corrected chi connectivity index (χ3v) is 2.63. The van der Waals surface area contributed by atoms with Crippen LogP contribution in [0.15, 0.2) is 12.4 Å². The number of amides is 1. The van der Waals surface area contributed by atoms with E-state index in [2.05, 4.69) is 31.1 Å². The molecule has 0 spiro atoms. The molecule has 96 valence electrons. The first-order chi connectivity index (χ1) is 8.06. The number of primary amides is 1. The molecule has 0 aliphatic rings. The number of hydrogen-bond donors (Lipinski definition) is 2. The molecule has 1 heterocycles. The van der Waals surface area contributed by atoms with Gasteiger partial charge in [0.1, 0.15) is 11.9 Å².